The summed E-state index contributed by atoms with van der Waals surface area (Å²) in [5, 5.41) is 16.2. The van der Waals surface area contributed by atoms with Gasteiger partial charge in [-0.2, -0.15) is 8.01 Å². The molecule has 0 saturated heterocycles. The molecular formula is C18H27IN4O6. The zero-order valence-electron chi connectivity index (χ0n) is 16.3. The summed E-state index contributed by atoms with van der Waals surface area (Å²) in [5.74, 6) is 0.122. The predicted molar refractivity (Wildman–Crippen MR) is 110 cm³/mol. The van der Waals surface area contributed by atoms with Crippen molar-refractivity contribution in [2.45, 2.75) is 51.8 Å². The fourth-order valence-corrected chi connectivity index (χ4v) is 3.56. The number of nitrogens with one attached hydrogen (secondary N) is 2. The maximum absolute atomic E-state index is 12.1. The van der Waals surface area contributed by atoms with Gasteiger partial charge in [0.2, 0.25) is 0 Å². The first kappa shape index (κ1) is 23.6. The van der Waals surface area contributed by atoms with E-state index in [0.717, 1.165) is 12.8 Å². The average Bonchev–Trinajstić information content (AvgIpc) is 2.75. The minimum atomic E-state index is -1.92. The third kappa shape index (κ3) is 8.68. The van der Waals surface area contributed by atoms with Crippen LogP contribution in [0.2, 0.25) is 0 Å². The molecule has 1 heterocycles. The van der Waals surface area contributed by atoms with Crippen LogP contribution in [-0.4, -0.2) is 34.6 Å². The number of nitrogens with zero attached hydrogens (tertiary/aromatic N) is 2. The number of carbonyl (C=O) groups is 2. The van der Waals surface area contributed by atoms with Crippen LogP contribution in [0, 0.1) is 11.1 Å². The molecule has 1 aromatic rings. The molecule has 1 aromatic heterocycles. The van der Waals surface area contributed by atoms with Gasteiger partial charge in [0.25, 0.3) is 34.1 Å². The number of ether oxygens (including phenoxy) is 1. The van der Waals surface area contributed by atoms with Gasteiger partial charge in [-0.25, -0.2) is 4.79 Å². The topological polar surface area (TPSA) is 124 Å². The second-order valence-electron chi connectivity index (χ2n) is 6.87. The summed E-state index contributed by atoms with van der Waals surface area (Å²) >= 11 is -1.92. The number of rotatable bonds is 10. The van der Waals surface area contributed by atoms with Crippen LogP contribution in [-0.2, 0) is 19.4 Å². The molecule has 0 aromatic carbocycles. The van der Waals surface area contributed by atoms with E-state index >= 15 is 0 Å². The van der Waals surface area contributed by atoms with Crippen LogP contribution in [0.5, 0.6) is 0 Å². The van der Waals surface area contributed by atoms with Crippen molar-refractivity contribution in [3.63, 3.8) is 0 Å². The van der Waals surface area contributed by atoms with Gasteiger partial charge < -0.3 is 20.6 Å². The Balaban J connectivity index is 1.74. The largest absolute Gasteiger partial charge is 0.751 e. The van der Waals surface area contributed by atoms with Crippen LogP contribution in [0.4, 0.5) is 4.79 Å². The highest BCUT2D eigenvalue weighted by Crippen LogP contribution is 2.26. The van der Waals surface area contributed by atoms with Crippen LogP contribution in [0.25, 0.3) is 0 Å². The molecule has 1 aliphatic carbocycles. The van der Waals surface area contributed by atoms with Crippen LogP contribution in [0.3, 0.4) is 0 Å². The zero-order valence-corrected chi connectivity index (χ0v) is 18.5. The number of pyridine rings is 1. The van der Waals surface area contributed by atoms with Gasteiger partial charge in [0.05, 0.1) is 6.61 Å². The van der Waals surface area contributed by atoms with Gasteiger partial charge in [0.15, 0.2) is 12.4 Å². The summed E-state index contributed by atoms with van der Waals surface area (Å²) < 4.78 is 17.2. The molecule has 0 radical (unpaired) electrons. The molecule has 2 amide bonds. The maximum Gasteiger partial charge on any atom is 0.412 e. The van der Waals surface area contributed by atoms with E-state index in [2.05, 4.69) is 15.5 Å². The summed E-state index contributed by atoms with van der Waals surface area (Å²) in [5.41, 5.74) is 0.363. The average molecular weight is 522 g/mol. The predicted octanol–water partition coefficient (Wildman–Crippen LogP) is 2.32. The zero-order chi connectivity index (χ0) is 21.1. The Morgan fingerprint density at radius 3 is 2.86 bits per heavy atom. The smallest absolute Gasteiger partial charge is 0.412 e. The Morgan fingerprint density at radius 2 is 2.14 bits per heavy atom. The molecule has 0 unspecified atom stereocenters. The normalized spacial score (nSPS) is 15.7. The summed E-state index contributed by atoms with van der Waals surface area (Å²) in [6.45, 7) is 2.00. The molecule has 162 valence electrons. The number of carbonyl (C=O) groups excluding carboxylic acids is 2. The fraction of sp³-hybridized carbons (Fsp3) is 0.611. The first-order valence-corrected chi connectivity index (χ1v) is 11.4. The molecule has 1 atom stereocenters. The van der Waals surface area contributed by atoms with Gasteiger partial charge in [0.1, 0.15) is 5.56 Å². The first-order valence-electron chi connectivity index (χ1n) is 9.57. The van der Waals surface area contributed by atoms with Crippen molar-refractivity contribution in [1.82, 2.24) is 14.1 Å². The van der Waals surface area contributed by atoms with Crippen molar-refractivity contribution in [3.05, 3.63) is 35.3 Å². The molecule has 29 heavy (non-hydrogen) atoms. The number of amides is 2. The molecule has 1 saturated carbocycles. The molecule has 11 heteroatoms. The second-order valence-corrected chi connectivity index (χ2v) is 8.05. The SMILES string of the molecule is C[C@H](NC(=O)OC[n+]1cccc(C(=O)NCCON([O-])I=O)c1)C1CCCCC1. The lowest BCUT2D eigenvalue weighted by atomic mass is 9.85. The third-order valence-corrected chi connectivity index (χ3v) is 5.40. The summed E-state index contributed by atoms with van der Waals surface area (Å²) in [6, 6.07) is 3.35. The lowest BCUT2D eigenvalue weighted by molar-refractivity contribution is -0.727. The molecule has 2 N–H and O–H groups in total. The van der Waals surface area contributed by atoms with Crippen LogP contribution >= 0.6 is 21.5 Å². The van der Waals surface area contributed by atoms with Gasteiger partial charge in [-0.05, 0) is 31.7 Å². The van der Waals surface area contributed by atoms with Crippen molar-refractivity contribution in [1.29, 1.82) is 0 Å². The van der Waals surface area contributed by atoms with Gasteiger partial charge in [-0.3, -0.25) is 12.7 Å². The Hall–Kier alpha value is -1.70. The summed E-state index contributed by atoms with van der Waals surface area (Å²) in [6.07, 6.45) is 8.69. The van der Waals surface area contributed by atoms with E-state index in [1.54, 1.807) is 29.1 Å². The Labute approximate surface area is 180 Å². The van der Waals surface area contributed by atoms with Gasteiger partial charge >= 0.3 is 6.09 Å². The second kappa shape index (κ2) is 12.8. The molecule has 1 aliphatic rings. The van der Waals surface area contributed by atoms with Crippen molar-refractivity contribution >= 4 is 33.5 Å². The molecule has 1 fully saturated rings. The van der Waals surface area contributed by atoms with E-state index in [9.17, 15) is 17.9 Å². The van der Waals surface area contributed by atoms with Crippen molar-refractivity contribution < 1.29 is 26.8 Å². The minimum Gasteiger partial charge on any atom is -0.751 e. The van der Waals surface area contributed by atoms with Crippen LogP contribution in [0.15, 0.2) is 24.5 Å². The van der Waals surface area contributed by atoms with Crippen molar-refractivity contribution in [2.75, 3.05) is 13.2 Å². The minimum absolute atomic E-state index is 0.0129. The maximum atomic E-state index is 12.1. The summed E-state index contributed by atoms with van der Waals surface area (Å²) in [4.78, 5) is 28.7. The molecule has 0 bridgehead atoms. The van der Waals surface area contributed by atoms with E-state index in [-0.39, 0.29) is 35.3 Å². The molecular weight excluding hydrogens is 495 g/mol. The van der Waals surface area contributed by atoms with Crippen molar-refractivity contribution in [2.24, 2.45) is 5.92 Å². The van der Waals surface area contributed by atoms with Crippen LogP contribution in [0.1, 0.15) is 49.4 Å². The molecule has 2 rings (SSSR count). The van der Waals surface area contributed by atoms with E-state index in [4.69, 9.17) is 4.74 Å². The Kier molecular flexibility index (Phi) is 10.4. The lowest BCUT2D eigenvalue weighted by Crippen LogP contribution is -2.43. The molecule has 0 aliphatic heterocycles. The quantitative estimate of drug-likeness (QED) is 0.159. The van der Waals surface area contributed by atoms with Crippen molar-refractivity contribution in [3.8, 4) is 0 Å². The number of halogens is 1. The third-order valence-electron chi connectivity index (χ3n) is 4.80. The van der Waals surface area contributed by atoms with E-state index in [1.807, 2.05) is 6.92 Å². The van der Waals surface area contributed by atoms with E-state index < -0.39 is 27.6 Å². The standard InChI is InChI=1S/C18H27IN4O6/c1-14(15-6-3-2-4-7-15)21-18(25)28-13-22-10-5-8-16(12-22)17(24)20-9-11-29-23(27)19-26/h5,8,10,12,14-15H,2-4,6-7,9,11,13H2,1H3,(H,20,24)(H,21,25)/t14-/m0/s1. The first-order chi connectivity index (χ1) is 14.0. The van der Waals surface area contributed by atoms with Gasteiger partial charge in [-0.1, -0.05) is 19.3 Å². The molecule has 0 spiro atoms. The fourth-order valence-electron chi connectivity index (χ4n) is 3.25. The van der Waals surface area contributed by atoms with Crippen LogP contribution < -0.4 is 15.2 Å². The Bertz CT molecular complexity index is 686. The highest BCUT2D eigenvalue weighted by molar-refractivity contribution is 14.1. The van der Waals surface area contributed by atoms with E-state index in [0.29, 0.717) is 11.5 Å². The van der Waals surface area contributed by atoms with Gasteiger partial charge in [0, 0.05) is 18.7 Å². The molecule has 10 nitrogen and oxygen atoms in total. The number of alkyl carbamates (subject to hydrolysis) is 1. The highest BCUT2D eigenvalue weighted by Gasteiger charge is 2.22. The number of aromatic nitrogens is 1. The van der Waals surface area contributed by atoms with Gasteiger partial charge in [-0.15, -0.1) is 0 Å². The monoisotopic (exact) mass is 522 g/mol. The number of hydrogen-bond donors (Lipinski definition) is 2. The van der Waals surface area contributed by atoms with E-state index in [1.165, 1.54) is 19.3 Å². The summed E-state index contributed by atoms with van der Waals surface area (Å²) in [7, 11) is 0. The Morgan fingerprint density at radius 1 is 1.38 bits per heavy atom. The highest BCUT2D eigenvalue weighted by atomic mass is 127. The lowest BCUT2D eigenvalue weighted by Gasteiger charge is -2.27. The number of hydrogen-bond acceptors (Lipinski definition) is 6.